The van der Waals surface area contributed by atoms with Crippen molar-refractivity contribution in [3.8, 4) is 39.9 Å². The van der Waals surface area contributed by atoms with Gasteiger partial charge in [0.05, 0.1) is 32.0 Å². The van der Waals surface area contributed by atoms with E-state index in [4.69, 9.17) is 9.47 Å². The number of piperidine rings is 2. The van der Waals surface area contributed by atoms with Crippen molar-refractivity contribution in [3.63, 3.8) is 0 Å². The van der Waals surface area contributed by atoms with Crippen LogP contribution in [0.1, 0.15) is 39.5 Å². The Balaban J connectivity index is 1.37. The van der Waals surface area contributed by atoms with Gasteiger partial charge in [-0.05, 0) is 63.3 Å². The zero-order chi connectivity index (χ0) is 26.4. The van der Waals surface area contributed by atoms with Crippen LogP contribution in [0.2, 0.25) is 0 Å². The average molecular weight is 509 g/mol. The molecule has 5 rings (SSSR count). The van der Waals surface area contributed by atoms with Crippen molar-refractivity contribution in [2.75, 3.05) is 26.2 Å². The second-order valence-corrected chi connectivity index (χ2v) is 10.5. The Labute approximate surface area is 216 Å². The maximum absolute atomic E-state index is 15.7. The molecule has 2 bridgehead atoms. The maximum atomic E-state index is 15.7. The van der Waals surface area contributed by atoms with Crippen LogP contribution < -0.4 is 19.7 Å². The van der Waals surface area contributed by atoms with Gasteiger partial charge in [0.2, 0.25) is 0 Å². The summed E-state index contributed by atoms with van der Waals surface area (Å²) in [6, 6.07) is 6.64. The summed E-state index contributed by atoms with van der Waals surface area (Å²) in [6.45, 7) is 4.15. The molecule has 10 heteroatoms. The van der Waals surface area contributed by atoms with Gasteiger partial charge in [0, 0.05) is 29.9 Å². The Morgan fingerprint density at radius 3 is 2.54 bits per heavy atom. The van der Waals surface area contributed by atoms with E-state index in [0.717, 1.165) is 30.4 Å². The normalized spacial score (nSPS) is 27.0. The SMILES string of the molecule is COc1cc(-c2ccc(-c3ncc(N(C)[C@H]4C[C@]5(C)CCC[C@@](C)(N5)[C@H]4F)nn3)c(O)c2)cnc1OC. The third kappa shape index (κ3) is 4.54. The highest BCUT2D eigenvalue weighted by Gasteiger charge is 2.53. The predicted molar refractivity (Wildman–Crippen MR) is 139 cm³/mol. The number of aromatic nitrogens is 4. The molecule has 3 aromatic rings. The number of phenols is 1. The molecule has 0 radical (unpaired) electrons. The second kappa shape index (κ2) is 9.41. The number of fused-ring (bicyclic) bond motifs is 2. The third-order valence-corrected chi connectivity index (χ3v) is 7.83. The number of phenolic OH excluding ortho intramolecular Hbond substituents is 1. The Kier molecular flexibility index (Phi) is 6.39. The molecule has 196 valence electrons. The molecule has 2 aliphatic heterocycles. The van der Waals surface area contributed by atoms with E-state index in [9.17, 15) is 5.11 Å². The second-order valence-electron chi connectivity index (χ2n) is 10.5. The molecule has 2 aliphatic rings. The summed E-state index contributed by atoms with van der Waals surface area (Å²) in [5.41, 5.74) is 1.28. The van der Waals surface area contributed by atoms with Crippen LogP contribution in [-0.4, -0.2) is 69.8 Å². The number of hydrogen-bond donors (Lipinski definition) is 2. The van der Waals surface area contributed by atoms with Crippen LogP contribution in [0.3, 0.4) is 0 Å². The number of benzene rings is 1. The Morgan fingerprint density at radius 1 is 1.05 bits per heavy atom. The zero-order valence-corrected chi connectivity index (χ0v) is 21.8. The van der Waals surface area contributed by atoms with E-state index >= 15 is 4.39 Å². The van der Waals surface area contributed by atoms with Crippen molar-refractivity contribution in [3.05, 3.63) is 36.7 Å². The Morgan fingerprint density at radius 2 is 1.86 bits per heavy atom. The lowest BCUT2D eigenvalue weighted by atomic mass is 9.68. The highest BCUT2D eigenvalue weighted by molar-refractivity contribution is 5.73. The number of nitrogens with zero attached hydrogens (tertiary/aromatic N) is 5. The topological polar surface area (TPSA) is 106 Å². The number of ether oxygens (including phenoxy) is 2. The number of rotatable bonds is 6. The zero-order valence-electron chi connectivity index (χ0n) is 21.8. The number of alkyl halides is 1. The molecule has 4 atom stereocenters. The summed E-state index contributed by atoms with van der Waals surface area (Å²) in [7, 11) is 4.91. The standard InChI is InChI=1S/C27H33FN6O3/c1-26-9-6-10-27(2,33-26)23(28)19(13-26)34(3)22-15-29-24(32-31-22)18-8-7-16(11-20(18)35)17-12-21(36-4)25(37-5)30-14-17/h7-8,11-12,14-15,19,23,33,35H,6,9-10,13H2,1-5H3/t19-,23-,26-,27+/m0/s1. The first-order valence-corrected chi connectivity index (χ1v) is 12.4. The van der Waals surface area contributed by atoms with Gasteiger partial charge in [-0.2, -0.15) is 0 Å². The lowest BCUT2D eigenvalue weighted by Crippen LogP contribution is -2.72. The van der Waals surface area contributed by atoms with Crippen molar-refractivity contribution in [1.29, 1.82) is 0 Å². The smallest absolute Gasteiger partial charge is 0.256 e. The molecule has 0 spiro atoms. The van der Waals surface area contributed by atoms with Crippen molar-refractivity contribution >= 4 is 5.82 Å². The lowest BCUT2D eigenvalue weighted by Gasteiger charge is -2.56. The van der Waals surface area contributed by atoms with E-state index in [1.807, 2.05) is 24.9 Å². The summed E-state index contributed by atoms with van der Waals surface area (Å²) in [5.74, 6) is 1.66. The van der Waals surface area contributed by atoms with Crippen LogP contribution in [0.4, 0.5) is 10.2 Å². The van der Waals surface area contributed by atoms with Crippen molar-refractivity contribution < 1.29 is 19.0 Å². The van der Waals surface area contributed by atoms with E-state index in [0.29, 0.717) is 29.4 Å². The quantitative estimate of drug-likeness (QED) is 0.508. The van der Waals surface area contributed by atoms with Crippen LogP contribution in [0, 0.1) is 0 Å². The molecule has 9 nitrogen and oxygen atoms in total. The molecular formula is C27H33FN6O3. The largest absolute Gasteiger partial charge is 0.507 e. The van der Waals surface area contributed by atoms with Crippen LogP contribution in [-0.2, 0) is 0 Å². The maximum Gasteiger partial charge on any atom is 0.256 e. The molecular weight excluding hydrogens is 475 g/mol. The summed E-state index contributed by atoms with van der Waals surface area (Å²) in [5, 5.41) is 22.9. The van der Waals surface area contributed by atoms with Gasteiger partial charge < -0.3 is 24.8 Å². The number of aromatic hydroxyl groups is 1. The molecule has 0 saturated carbocycles. The van der Waals surface area contributed by atoms with Crippen LogP contribution in [0.25, 0.3) is 22.5 Å². The minimum atomic E-state index is -1.05. The van der Waals surface area contributed by atoms with Gasteiger partial charge in [-0.1, -0.05) is 6.07 Å². The first-order valence-electron chi connectivity index (χ1n) is 12.4. The fourth-order valence-corrected chi connectivity index (χ4v) is 5.86. The number of anilines is 1. The summed E-state index contributed by atoms with van der Waals surface area (Å²) in [4.78, 5) is 10.6. The number of pyridine rings is 1. The Hall–Kier alpha value is -3.53. The van der Waals surface area contributed by atoms with Gasteiger partial charge in [-0.3, -0.25) is 0 Å². The minimum absolute atomic E-state index is 0.00559. The summed E-state index contributed by atoms with van der Waals surface area (Å²) >= 11 is 0. The highest BCUT2D eigenvalue weighted by atomic mass is 19.1. The molecule has 0 unspecified atom stereocenters. The molecule has 2 N–H and O–H groups in total. The van der Waals surface area contributed by atoms with Crippen molar-refractivity contribution in [2.45, 2.75) is 62.8 Å². The molecule has 37 heavy (non-hydrogen) atoms. The van der Waals surface area contributed by atoms with Crippen molar-refractivity contribution in [2.24, 2.45) is 0 Å². The molecule has 4 heterocycles. The van der Waals surface area contributed by atoms with Gasteiger partial charge >= 0.3 is 0 Å². The van der Waals surface area contributed by atoms with Gasteiger partial charge in [-0.25, -0.2) is 14.4 Å². The van der Waals surface area contributed by atoms with Crippen LogP contribution in [0.15, 0.2) is 36.7 Å². The monoisotopic (exact) mass is 508 g/mol. The fraction of sp³-hybridized carbons (Fsp3) is 0.481. The predicted octanol–water partition coefficient (Wildman–Crippen LogP) is 4.16. The summed E-state index contributed by atoms with van der Waals surface area (Å²) in [6.07, 6.45) is 5.72. The van der Waals surface area contributed by atoms with E-state index in [1.165, 1.54) is 7.11 Å². The lowest BCUT2D eigenvalue weighted by molar-refractivity contribution is 0.00193. The van der Waals surface area contributed by atoms with Gasteiger partial charge in [0.25, 0.3) is 5.88 Å². The number of hydrogen-bond acceptors (Lipinski definition) is 9. The van der Waals surface area contributed by atoms with E-state index in [1.54, 1.807) is 37.7 Å². The fourth-order valence-electron chi connectivity index (χ4n) is 5.86. The Bertz CT molecular complexity index is 1290. The van der Waals surface area contributed by atoms with Crippen LogP contribution >= 0.6 is 0 Å². The van der Waals surface area contributed by atoms with E-state index < -0.39 is 11.7 Å². The number of methoxy groups -OCH3 is 2. The molecule has 2 aromatic heterocycles. The average Bonchev–Trinajstić information content (AvgIpc) is 2.90. The first-order chi connectivity index (χ1) is 17.7. The molecule has 0 amide bonds. The van der Waals surface area contributed by atoms with Crippen LogP contribution in [0.5, 0.6) is 17.4 Å². The van der Waals surface area contributed by atoms with E-state index in [-0.39, 0.29) is 23.2 Å². The van der Waals surface area contributed by atoms with Gasteiger partial charge in [0.15, 0.2) is 17.4 Å². The number of nitrogens with one attached hydrogen (secondary N) is 1. The highest BCUT2D eigenvalue weighted by Crippen LogP contribution is 2.43. The molecule has 0 aliphatic carbocycles. The van der Waals surface area contributed by atoms with Gasteiger partial charge in [0.1, 0.15) is 11.9 Å². The minimum Gasteiger partial charge on any atom is -0.507 e. The first kappa shape index (κ1) is 25.1. The molecule has 2 fully saturated rings. The molecule has 1 aromatic carbocycles. The molecule has 2 saturated heterocycles. The third-order valence-electron chi connectivity index (χ3n) is 7.83. The van der Waals surface area contributed by atoms with E-state index in [2.05, 4.69) is 32.4 Å². The van der Waals surface area contributed by atoms with Gasteiger partial charge in [-0.15, -0.1) is 10.2 Å². The summed E-state index contributed by atoms with van der Waals surface area (Å²) < 4.78 is 26.2. The van der Waals surface area contributed by atoms with Crippen molar-refractivity contribution in [1.82, 2.24) is 25.5 Å². The number of halogens is 1.